The lowest BCUT2D eigenvalue weighted by Gasteiger charge is -2.26. The number of hydrogen-bond donors (Lipinski definition) is 0. The van der Waals surface area contributed by atoms with E-state index < -0.39 is 12.0 Å². The standard InChI is InChI=1S/C19H19F4N5O/c1-10-15(12(3)28-18(24-10)25-17(26-28)19(21,22)23)9-16(29)27(4)11(2)13-5-7-14(20)8-6-13/h5-8,11H,9H2,1-4H3. The van der Waals surface area contributed by atoms with Gasteiger partial charge in [0, 0.05) is 24.0 Å². The van der Waals surface area contributed by atoms with Crippen molar-refractivity contribution in [2.45, 2.75) is 39.4 Å². The molecule has 1 amide bonds. The number of aryl methyl sites for hydroxylation is 2. The molecule has 0 aliphatic heterocycles. The van der Waals surface area contributed by atoms with E-state index in [0.29, 0.717) is 17.0 Å². The molecule has 0 bridgehead atoms. The maximum atomic E-state index is 13.1. The molecule has 154 valence electrons. The number of carbonyl (C=O) groups is 1. The van der Waals surface area contributed by atoms with Crippen LogP contribution in [0.1, 0.15) is 41.3 Å². The van der Waals surface area contributed by atoms with Gasteiger partial charge in [-0.2, -0.15) is 18.2 Å². The minimum absolute atomic E-state index is 0.0656. The molecule has 0 radical (unpaired) electrons. The molecule has 3 rings (SSSR count). The maximum Gasteiger partial charge on any atom is 0.453 e. The zero-order chi connectivity index (χ0) is 21.5. The first-order valence-corrected chi connectivity index (χ1v) is 8.80. The number of rotatable bonds is 4. The molecule has 1 unspecified atom stereocenters. The SMILES string of the molecule is Cc1nc2nc(C(F)(F)F)nn2c(C)c1CC(=O)N(C)C(C)c1ccc(F)cc1. The van der Waals surface area contributed by atoms with Crippen molar-refractivity contribution < 1.29 is 22.4 Å². The minimum Gasteiger partial charge on any atom is -0.339 e. The van der Waals surface area contributed by atoms with Crippen molar-refractivity contribution in [3.63, 3.8) is 0 Å². The Balaban J connectivity index is 1.88. The summed E-state index contributed by atoms with van der Waals surface area (Å²) in [6.07, 6.45) is -4.75. The third-order valence-electron chi connectivity index (χ3n) is 4.96. The zero-order valence-electron chi connectivity index (χ0n) is 16.3. The van der Waals surface area contributed by atoms with E-state index in [9.17, 15) is 22.4 Å². The van der Waals surface area contributed by atoms with Crippen molar-refractivity contribution in [2.75, 3.05) is 7.05 Å². The van der Waals surface area contributed by atoms with Crippen LogP contribution in [0.15, 0.2) is 24.3 Å². The predicted molar refractivity (Wildman–Crippen MR) is 96.5 cm³/mol. The third kappa shape index (κ3) is 4.06. The van der Waals surface area contributed by atoms with Crippen LogP contribution in [0.3, 0.4) is 0 Å². The molecule has 10 heteroatoms. The fraction of sp³-hybridized carbons (Fsp3) is 0.368. The van der Waals surface area contributed by atoms with Crippen LogP contribution in [0.2, 0.25) is 0 Å². The molecule has 0 saturated heterocycles. The molecule has 1 aromatic carbocycles. The molecule has 0 saturated carbocycles. The van der Waals surface area contributed by atoms with E-state index in [1.54, 1.807) is 40.0 Å². The molecule has 3 aromatic rings. The van der Waals surface area contributed by atoms with Gasteiger partial charge < -0.3 is 4.90 Å². The van der Waals surface area contributed by atoms with Crippen molar-refractivity contribution in [1.29, 1.82) is 0 Å². The van der Waals surface area contributed by atoms with Crippen LogP contribution in [-0.2, 0) is 17.4 Å². The van der Waals surface area contributed by atoms with Crippen molar-refractivity contribution >= 4 is 11.7 Å². The molecule has 6 nitrogen and oxygen atoms in total. The van der Waals surface area contributed by atoms with Gasteiger partial charge in [-0.25, -0.2) is 13.9 Å². The summed E-state index contributed by atoms with van der Waals surface area (Å²) in [4.78, 5) is 21.8. The summed E-state index contributed by atoms with van der Waals surface area (Å²) in [5.74, 6) is -2.08. The Hall–Kier alpha value is -3.04. The van der Waals surface area contributed by atoms with Gasteiger partial charge in [-0.1, -0.05) is 12.1 Å². The van der Waals surface area contributed by atoms with Crippen LogP contribution in [0.25, 0.3) is 5.78 Å². The second-order valence-electron chi connectivity index (χ2n) is 6.82. The minimum atomic E-state index is -4.69. The highest BCUT2D eigenvalue weighted by molar-refractivity contribution is 5.79. The number of alkyl halides is 3. The van der Waals surface area contributed by atoms with Crippen molar-refractivity contribution in [3.8, 4) is 0 Å². The molecule has 29 heavy (non-hydrogen) atoms. The van der Waals surface area contributed by atoms with Crippen LogP contribution < -0.4 is 0 Å². The number of amides is 1. The Kier molecular flexibility index (Phi) is 5.29. The average Bonchev–Trinajstić information content (AvgIpc) is 3.09. The molecule has 0 N–H and O–H groups in total. The lowest BCUT2D eigenvalue weighted by molar-refractivity contribution is -0.144. The summed E-state index contributed by atoms with van der Waals surface area (Å²) in [5, 5.41) is 3.49. The highest BCUT2D eigenvalue weighted by Gasteiger charge is 2.37. The summed E-state index contributed by atoms with van der Waals surface area (Å²) < 4.78 is 52.8. The Morgan fingerprint density at radius 2 is 1.79 bits per heavy atom. The number of aromatic nitrogens is 4. The molecule has 0 spiro atoms. The molecule has 2 aromatic heterocycles. The van der Waals surface area contributed by atoms with Gasteiger partial charge >= 0.3 is 6.18 Å². The van der Waals surface area contributed by atoms with Gasteiger partial charge in [0.1, 0.15) is 5.82 Å². The Labute approximate surface area is 164 Å². The quantitative estimate of drug-likeness (QED) is 0.617. The van der Waals surface area contributed by atoms with E-state index in [1.165, 1.54) is 17.0 Å². The highest BCUT2D eigenvalue weighted by atomic mass is 19.4. The van der Waals surface area contributed by atoms with E-state index >= 15 is 0 Å². The molecular weight excluding hydrogens is 390 g/mol. The predicted octanol–water partition coefficient (Wildman–Crippen LogP) is 3.66. The van der Waals surface area contributed by atoms with E-state index in [2.05, 4.69) is 15.1 Å². The van der Waals surface area contributed by atoms with Gasteiger partial charge in [0.15, 0.2) is 0 Å². The highest BCUT2D eigenvalue weighted by Crippen LogP contribution is 2.27. The van der Waals surface area contributed by atoms with E-state index in [-0.39, 0.29) is 30.0 Å². The second-order valence-corrected chi connectivity index (χ2v) is 6.82. The van der Waals surface area contributed by atoms with Gasteiger partial charge in [-0.3, -0.25) is 4.79 Å². The molecule has 0 aliphatic rings. The Morgan fingerprint density at radius 3 is 2.38 bits per heavy atom. The van der Waals surface area contributed by atoms with Crippen LogP contribution in [0.5, 0.6) is 0 Å². The van der Waals surface area contributed by atoms with Gasteiger partial charge in [0.05, 0.1) is 12.5 Å². The average molecular weight is 409 g/mol. The summed E-state index contributed by atoms with van der Waals surface area (Å²) in [5.41, 5.74) is 2.02. The summed E-state index contributed by atoms with van der Waals surface area (Å²) >= 11 is 0. The van der Waals surface area contributed by atoms with Crippen LogP contribution >= 0.6 is 0 Å². The maximum absolute atomic E-state index is 13.1. The third-order valence-corrected chi connectivity index (χ3v) is 4.96. The van der Waals surface area contributed by atoms with Crippen molar-refractivity contribution in [3.05, 3.63) is 58.4 Å². The fourth-order valence-electron chi connectivity index (χ4n) is 3.04. The molecular formula is C19H19F4N5O. The number of likely N-dealkylation sites (N-methyl/N-ethyl adjacent to an activating group) is 1. The number of benzene rings is 1. The first-order chi connectivity index (χ1) is 13.5. The summed E-state index contributed by atoms with van der Waals surface area (Å²) in [6.45, 7) is 4.99. The lowest BCUT2D eigenvalue weighted by atomic mass is 10.0. The molecule has 0 aliphatic carbocycles. The zero-order valence-corrected chi connectivity index (χ0v) is 16.3. The second kappa shape index (κ2) is 7.41. The Bertz CT molecular complexity index is 1060. The topological polar surface area (TPSA) is 63.4 Å². The lowest BCUT2D eigenvalue weighted by Crippen LogP contribution is -2.31. The number of halogens is 4. The molecule has 0 fully saturated rings. The van der Waals surface area contributed by atoms with E-state index in [4.69, 9.17) is 0 Å². The Morgan fingerprint density at radius 1 is 1.17 bits per heavy atom. The first kappa shape index (κ1) is 20.7. The monoisotopic (exact) mass is 409 g/mol. The van der Waals surface area contributed by atoms with Crippen LogP contribution in [0, 0.1) is 19.7 Å². The number of fused-ring (bicyclic) bond motifs is 1. The fourth-order valence-corrected chi connectivity index (χ4v) is 3.04. The van der Waals surface area contributed by atoms with E-state index in [1.807, 2.05) is 0 Å². The largest absolute Gasteiger partial charge is 0.453 e. The summed E-state index contributed by atoms with van der Waals surface area (Å²) in [6, 6.07) is 5.52. The summed E-state index contributed by atoms with van der Waals surface area (Å²) in [7, 11) is 1.62. The number of hydrogen-bond acceptors (Lipinski definition) is 4. The first-order valence-electron chi connectivity index (χ1n) is 8.80. The van der Waals surface area contributed by atoms with Gasteiger partial charge in [0.2, 0.25) is 5.91 Å². The molecule has 1 atom stereocenters. The normalized spacial score (nSPS) is 13.0. The van der Waals surface area contributed by atoms with Crippen molar-refractivity contribution in [2.24, 2.45) is 0 Å². The van der Waals surface area contributed by atoms with Gasteiger partial charge in [-0.05, 0) is 38.5 Å². The smallest absolute Gasteiger partial charge is 0.339 e. The number of nitrogens with zero attached hydrogens (tertiary/aromatic N) is 5. The molecule has 2 heterocycles. The van der Waals surface area contributed by atoms with Gasteiger partial charge in [0.25, 0.3) is 11.6 Å². The van der Waals surface area contributed by atoms with Gasteiger partial charge in [-0.15, -0.1) is 5.10 Å². The van der Waals surface area contributed by atoms with E-state index in [0.717, 1.165) is 10.1 Å². The number of carbonyl (C=O) groups excluding carboxylic acids is 1. The van der Waals surface area contributed by atoms with Crippen molar-refractivity contribution in [1.82, 2.24) is 24.5 Å². The van der Waals surface area contributed by atoms with Crippen LogP contribution in [0.4, 0.5) is 17.6 Å². The van der Waals surface area contributed by atoms with Crippen LogP contribution in [-0.4, -0.2) is 37.4 Å².